The van der Waals surface area contributed by atoms with Crippen LogP contribution in [0.3, 0.4) is 0 Å². The number of esters is 1. The standard InChI is InChI=1S/C25H27ClF2N4O4S/c1-25(2,3)36-24(34)32-10-7-13(8-11-32)19-16(23(33)35-4)20(14-5-6-15(27)18(28)17(14)26)31-21(30-19)22-29-9-12-37-22/h5-6,9,12-13,20H,7-8,10-11H2,1-4H3,(H,30,31). The topological polar surface area (TPSA) is 93.1 Å². The zero-order chi connectivity index (χ0) is 26.9. The number of nitrogens with one attached hydrogen (secondary N) is 1. The second kappa shape index (κ2) is 10.7. The lowest BCUT2D eigenvalue weighted by Gasteiger charge is -2.37. The van der Waals surface area contributed by atoms with Gasteiger partial charge in [-0.15, -0.1) is 11.3 Å². The van der Waals surface area contributed by atoms with Gasteiger partial charge in [-0.25, -0.2) is 23.4 Å². The number of allylic oxidation sites excluding steroid dienone is 1. The first-order valence-electron chi connectivity index (χ1n) is 11.7. The first kappa shape index (κ1) is 27.0. The Hall–Kier alpha value is -3.05. The lowest BCUT2D eigenvalue weighted by molar-refractivity contribution is -0.136. The number of rotatable bonds is 4. The van der Waals surface area contributed by atoms with Gasteiger partial charge in [0.05, 0.1) is 17.7 Å². The summed E-state index contributed by atoms with van der Waals surface area (Å²) in [5.41, 5.74) is 0.184. The Morgan fingerprint density at radius 1 is 1.22 bits per heavy atom. The lowest BCUT2D eigenvalue weighted by atomic mass is 9.85. The number of carbonyl (C=O) groups excluding carboxylic acids is 2. The van der Waals surface area contributed by atoms with Gasteiger partial charge >= 0.3 is 12.1 Å². The molecule has 198 valence electrons. The first-order chi connectivity index (χ1) is 17.5. The Morgan fingerprint density at radius 2 is 1.92 bits per heavy atom. The van der Waals surface area contributed by atoms with Crippen LogP contribution in [0.2, 0.25) is 5.02 Å². The number of amidine groups is 1. The molecule has 2 aromatic rings. The maximum atomic E-state index is 14.5. The van der Waals surface area contributed by atoms with Crippen LogP contribution >= 0.6 is 22.9 Å². The molecule has 0 spiro atoms. The molecule has 2 aliphatic rings. The fourth-order valence-electron chi connectivity index (χ4n) is 4.32. The third-order valence-corrected chi connectivity index (χ3v) is 7.19. The van der Waals surface area contributed by atoms with Crippen LogP contribution in [0.5, 0.6) is 0 Å². The van der Waals surface area contributed by atoms with E-state index < -0.39 is 40.4 Å². The number of carbonyl (C=O) groups is 2. The van der Waals surface area contributed by atoms with Crippen molar-refractivity contribution in [3.63, 3.8) is 0 Å². The summed E-state index contributed by atoms with van der Waals surface area (Å²) in [6, 6.07) is 1.20. The second-order valence-corrected chi connectivity index (χ2v) is 10.9. The number of methoxy groups -OCH3 is 1. The van der Waals surface area contributed by atoms with E-state index in [2.05, 4.69) is 15.3 Å². The monoisotopic (exact) mass is 552 g/mol. The molecule has 0 radical (unpaired) electrons. The molecule has 3 heterocycles. The van der Waals surface area contributed by atoms with Gasteiger partial charge < -0.3 is 19.7 Å². The van der Waals surface area contributed by atoms with Gasteiger partial charge in [0, 0.05) is 41.8 Å². The van der Waals surface area contributed by atoms with Gasteiger partial charge in [-0.3, -0.25) is 4.99 Å². The Kier molecular flexibility index (Phi) is 7.84. The Labute approximate surface area is 222 Å². The fourth-order valence-corrected chi connectivity index (χ4v) is 5.17. The summed E-state index contributed by atoms with van der Waals surface area (Å²) in [4.78, 5) is 36.2. The molecule has 1 amide bonds. The van der Waals surface area contributed by atoms with Crippen LogP contribution in [0.25, 0.3) is 0 Å². The van der Waals surface area contributed by atoms with Crippen LogP contribution in [0.15, 0.2) is 40.0 Å². The fraction of sp³-hybridized carbons (Fsp3) is 0.440. The third kappa shape index (κ3) is 5.77. The molecule has 1 saturated heterocycles. The number of halogens is 3. The molecule has 2 aliphatic heterocycles. The molecule has 0 saturated carbocycles. The van der Waals surface area contributed by atoms with E-state index in [1.165, 1.54) is 24.5 Å². The normalized spacial score (nSPS) is 18.8. The molecule has 1 aromatic heterocycles. The van der Waals surface area contributed by atoms with Gasteiger partial charge in [0.1, 0.15) is 11.6 Å². The highest BCUT2D eigenvalue weighted by molar-refractivity contribution is 7.11. The first-order valence-corrected chi connectivity index (χ1v) is 12.9. The van der Waals surface area contributed by atoms with Gasteiger partial charge in [0.25, 0.3) is 0 Å². The van der Waals surface area contributed by atoms with Crippen LogP contribution in [0.1, 0.15) is 50.2 Å². The van der Waals surface area contributed by atoms with E-state index in [1.807, 2.05) is 0 Å². The minimum atomic E-state index is -1.22. The quantitative estimate of drug-likeness (QED) is 0.412. The molecule has 0 bridgehead atoms. The molecular formula is C25H27ClF2N4O4S. The number of benzene rings is 1. The van der Waals surface area contributed by atoms with E-state index in [1.54, 1.807) is 37.2 Å². The van der Waals surface area contributed by atoms with Crippen molar-refractivity contribution < 1.29 is 27.8 Å². The number of thiazole rings is 1. The van der Waals surface area contributed by atoms with E-state index in [9.17, 15) is 18.4 Å². The summed E-state index contributed by atoms with van der Waals surface area (Å²) >= 11 is 7.54. The molecule has 1 aromatic carbocycles. The lowest BCUT2D eigenvalue weighted by Crippen LogP contribution is -2.44. The van der Waals surface area contributed by atoms with Gasteiger partial charge in [-0.1, -0.05) is 17.7 Å². The van der Waals surface area contributed by atoms with Crippen LogP contribution < -0.4 is 5.32 Å². The molecule has 37 heavy (non-hydrogen) atoms. The average molecular weight is 553 g/mol. The van der Waals surface area contributed by atoms with E-state index >= 15 is 0 Å². The summed E-state index contributed by atoms with van der Waals surface area (Å²) < 4.78 is 38.9. The molecule has 1 N–H and O–H groups in total. The zero-order valence-corrected chi connectivity index (χ0v) is 22.4. The number of piperidine rings is 1. The van der Waals surface area contributed by atoms with E-state index in [4.69, 9.17) is 21.1 Å². The number of nitrogens with zero attached hydrogens (tertiary/aromatic N) is 3. The van der Waals surface area contributed by atoms with Crippen LogP contribution in [0.4, 0.5) is 13.6 Å². The van der Waals surface area contributed by atoms with Crippen molar-refractivity contribution in [3.8, 4) is 0 Å². The van der Waals surface area contributed by atoms with Gasteiger partial charge in [-0.05, 0) is 39.7 Å². The van der Waals surface area contributed by atoms with E-state index in [0.717, 1.165) is 6.07 Å². The predicted molar refractivity (Wildman–Crippen MR) is 135 cm³/mol. The number of amides is 1. The summed E-state index contributed by atoms with van der Waals surface area (Å²) in [5, 5.41) is 5.11. The van der Waals surface area contributed by atoms with Crippen molar-refractivity contribution in [2.45, 2.75) is 45.3 Å². The number of hydrogen-bond acceptors (Lipinski definition) is 8. The third-order valence-electron chi connectivity index (χ3n) is 6.03. The van der Waals surface area contributed by atoms with Crippen molar-refractivity contribution in [2.24, 2.45) is 10.9 Å². The van der Waals surface area contributed by atoms with Gasteiger partial charge in [0.15, 0.2) is 22.5 Å². The number of likely N-dealkylation sites (tertiary alicyclic amines) is 1. The zero-order valence-electron chi connectivity index (χ0n) is 20.8. The van der Waals surface area contributed by atoms with E-state index in [-0.39, 0.29) is 17.1 Å². The summed E-state index contributed by atoms with van der Waals surface area (Å²) in [7, 11) is 1.24. The Morgan fingerprint density at radius 3 is 2.51 bits per heavy atom. The average Bonchev–Trinajstić information content (AvgIpc) is 3.40. The SMILES string of the molecule is COC(=O)C1=C(C2CCN(C(=O)OC(C)(C)C)CC2)NC(c2nccs2)=NC1c1ccc(F)c(F)c1Cl. The Bertz CT molecular complexity index is 1250. The summed E-state index contributed by atoms with van der Waals surface area (Å²) in [6.07, 6.45) is 2.25. The van der Waals surface area contributed by atoms with Crippen molar-refractivity contribution in [1.29, 1.82) is 0 Å². The Balaban J connectivity index is 1.74. The molecule has 4 rings (SSSR count). The molecule has 1 unspecified atom stereocenters. The van der Waals surface area contributed by atoms with Gasteiger partial charge in [0.2, 0.25) is 0 Å². The van der Waals surface area contributed by atoms with Crippen LogP contribution in [-0.4, -0.2) is 53.6 Å². The maximum Gasteiger partial charge on any atom is 0.410 e. The predicted octanol–water partition coefficient (Wildman–Crippen LogP) is 5.24. The molecule has 12 heteroatoms. The minimum absolute atomic E-state index is 0.125. The molecule has 1 fully saturated rings. The number of hydrogen-bond donors (Lipinski definition) is 1. The highest BCUT2D eigenvalue weighted by Crippen LogP contribution is 2.40. The van der Waals surface area contributed by atoms with Gasteiger partial charge in [-0.2, -0.15) is 0 Å². The maximum absolute atomic E-state index is 14.5. The molecule has 1 atom stereocenters. The minimum Gasteiger partial charge on any atom is -0.466 e. The molecule has 0 aliphatic carbocycles. The highest BCUT2D eigenvalue weighted by atomic mass is 35.5. The second-order valence-electron chi connectivity index (χ2n) is 9.67. The van der Waals surface area contributed by atoms with Crippen molar-refractivity contribution in [3.05, 3.63) is 62.2 Å². The van der Waals surface area contributed by atoms with Crippen molar-refractivity contribution in [1.82, 2.24) is 15.2 Å². The van der Waals surface area contributed by atoms with Crippen molar-refractivity contribution in [2.75, 3.05) is 20.2 Å². The number of aromatic nitrogens is 1. The highest BCUT2D eigenvalue weighted by Gasteiger charge is 2.38. The molecule has 8 nitrogen and oxygen atoms in total. The smallest absolute Gasteiger partial charge is 0.410 e. The number of aliphatic imine (C=N–C) groups is 1. The molecular weight excluding hydrogens is 526 g/mol. The van der Waals surface area contributed by atoms with Crippen LogP contribution in [-0.2, 0) is 14.3 Å². The largest absolute Gasteiger partial charge is 0.466 e. The summed E-state index contributed by atoms with van der Waals surface area (Å²) in [6.45, 7) is 6.22. The van der Waals surface area contributed by atoms with Crippen molar-refractivity contribution >= 4 is 40.8 Å². The number of ether oxygens (including phenoxy) is 2. The van der Waals surface area contributed by atoms with E-state index in [0.29, 0.717) is 42.5 Å². The summed E-state index contributed by atoms with van der Waals surface area (Å²) in [5.74, 6) is -2.82. The van der Waals surface area contributed by atoms with Crippen LogP contribution in [0, 0.1) is 17.6 Å².